The lowest BCUT2D eigenvalue weighted by molar-refractivity contribution is 0.524. The summed E-state index contributed by atoms with van der Waals surface area (Å²) in [5.74, 6) is 1.24. The zero-order valence-corrected chi connectivity index (χ0v) is 12.5. The van der Waals surface area contributed by atoms with E-state index in [1.807, 2.05) is 0 Å². The summed E-state index contributed by atoms with van der Waals surface area (Å²) in [6, 6.07) is 6.76. The zero-order valence-electron chi connectivity index (χ0n) is 10.9. The Hall–Kier alpha value is -1.07. The highest BCUT2D eigenvalue weighted by Gasteiger charge is 2.30. The zero-order chi connectivity index (χ0) is 14.0. The molecule has 0 bridgehead atoms. The second-order valence-electron chi connectivity index (χ2n) is 5.02. The van der Waals surface area contributed by atoms with E-state index in [0.29, 0.717) is 23.2 Å². The fourth-order valence-electron chi connectivity index (χ4n) is 2.11. The largest absolute Gasteiger partial charge is 0.263 e. The van der Waals surface area contributed by atoms with Crippen LogP contribution in [0.15, 0.2) is 34.2 Å². The molecule has 0 aliphatic carbocycles. The molecule has 0 saturated carbocycles. The second kappa shape index (κ2) is 5.51. The first-order valence-corrected chi connectivity index (χ1v) is 8.22. The van der Waals surface area contributed by atoms with Gasteiger partial charge in [0.2, 0.25) is 0 Å². The highest BCUT2D eigenvalue weighted by Crippen LogP contribution is 2.23. The highest BCUT2D eigenvalue weighted by molar-refractivity contribution is 7.90. The number of hydrogen-bond donors (Lipinski definition) is 1. The van der Waals surface area contributed by atoms with E-state index in [1.54, 1.807) is 24.3 Å². The van der Waals surface area contributed by atoms with Crippen molar-refractivity contribution in [2.75, 3.05) is 5.88 Å². The monoisotopic (exact) mass is 300 g/mol. The van der Waals surface area contributed by atoms with Gasteiger partial charge in [-0.3, -0.25) is 9.71 Å². The molecule has 0 fully saturated rings. The Balaban J connectivity index is 2.37. The molecule has 104 valence electrons. The van der Waals surface area contributed by atoms with Gasteiger partial charge in [0, 0.05) is 11.4 Å². The first kappa shape index (κ1) is 14.3. The third-order valence-electron chi connectivity index (χ3n) is 2.90. The van der Waals surface area contributed by atoms with E-state index in [2.05, 4.69) is 23.6 Å². The van der Waals surface area contributed by atoms with Crippen molar-refractivity contribution < 1.29 is 8.42 Å². The molecule has 0 radical (unpaired) electrons. The average molecular weight is 301 g/mol. The third-order valence-corrected chi connectivity index (χ3v) is 4.65. The van der Waals surface area contributed by atoms with Crippen LogP contribution in [0.3, 0.4) is 0 Å². The predicted octanol–water partition coefficient (Wildman–Crippen LogP) is 2.38. The van der Waals surface area contributed by atoms with Crippen molar-refractivity contribution in [3.05, 3.63) is 29.8 Å². The molecule has 1 aliphatic heterocycles. The number of halogens is 1. The molecule has 2 rings (SSSR count). The number of fused-ring (bicyclic) bond motifs is 1. The maximum atomic E-state index is 11.9. The maximum absolute atomic E-state index is 11.9. The van der Waals surface area contributed by atoms with Crippen LogP contribution in [0.2, 0.25) is 0 Å². The third kappa shape index (κ3) is 3.09. The van der Waals surface area contributed by atoms with Crippen molar-refractivity contribution in [3.63, 3.8) is 0 Å². The first-order valence-electron chi connectivity index (χ1n) is 6.20. The standard InChI is InChI=1S/C13H17ClN2O2S/c1-9(2)7-10(8-14)15-13-11-5-3-4-6-12(11)19(17,18)16-13/h3-6,9-10H,7-8H2,1-2H3,(H,15,16). The van der Waals surface area contributed by atoms with Gasteiger partial charge in [-0.1, -0.05) is 26.0 Å². The van der Waals surface area contributed by atoms with Gasteiger partial charge in [0.15, 0.2) is 0 Å². The Kier molecular flexibility index (Phi) is 4.16. The van der Waals surface area contributed by atoms with E-state index in [1.165, 1.54) is 0 Å². The van der Waals surface area contributed by atoms with Crippen molar-refractivity contribution in [1.29, 1.82) is 0 Å². The normalized spacial score (nSPS) is 20.3. The van der Waals surface area contributed by atoms with E-state index in [4.69, 9.17) is 11.6 Å². The molecule has 0 amide bonds. The summed E-state index contributed by atoms with van der Waals surface area (Å²) in [7, 11) is -3.46. The Morgan fingerprint density at radius 2 is 2.00 bits per heavy atom. The minimum absolute atomic E-state index is 0.0782. The molecule has 1 unspecified atom stereocenters. The SMILES string of the molecule is CC(C)CC(CCl)N=C1NS(=O)(=O)c2ccccc21. The fraction of sp³-hybridized carbons (Fsp3) is 0.462. The van der Waals surface area contributed by atoms with E-state index in [0.717, 1.165) is 6.42 Å². The number of alkyl halides is 1. The number of sulfonamides is 1. The minimum atomic E-state index is -3.46. The Morgan fingerprint density at radius 3 is 2.63 bits per heavy atom. The van der Waals surface area contributed by atoms with E-state index in [9.17, 15) is 8.42 Å². The van der Waals surface area contributed by atoms with Crippen LogP contribution in [0, 0.1) is 5.92 Å². The van der Waals surface area contributed by atoms with Crippen LogP contribution >= 0.6 is 11.6 Å². The van der Waals surface area contributed by atoms with Gasteiger partial charge < -0.3 is 0 Å². The molecule has 4 nitrogen and oxygen atoms in total. The van der Waals surface area contributed by atoms with Crippen LogP contribution in [0.1, 0.15) is 25.8 Å². The topological polar surface area (TPSA) is 58.5 Å². The van der Waals surface area contributed by atoms with Crippen LogP contribution in [0.5, 0.6) is 0 Å². The van der Waals surface area contributed by atoms with Gasteiger partial charge >= 0.3 is 0 Å². The van der Waals surface area contributed by atoms with Crippen molar-refractivity contribution in [2.45, 2.75) is 31.2 Å². The Bertz CT molecular complexity index is 596. The summed E-state index contributed by atoms with van der Waals surface area (Å²) < 4.78 is 26.4. The summed E-state index contributed by atoms with van der Waals surface area (Å²) in [4.78, 5) is 4.75. The summed E-state index contributed by atoms with van der Waals surface area (Å²) in [5, 5.41) is 0. The summed E-state index contributed by atoms with van der Waals surface area (Å²) in [6.45, 7) is 4.18. The molecule has 1 N–H and O–H groups in total. The number of benzene rings is 1. The molecule has 0 aromatic heterocycles. The average Bonchev–Trinajstić information content (AvgIpc) is 2.60. The van der Waals surface area contributed by atoms with E-state index < -0.39 is 10.0 Å². The Morgan fingerprint density at radius 1 is 1.32 bits per heavy atom. The molecule has 1 heterocycles. The number of nitrogens with zero attached hydrogens (tertiary/aromatic N) is 1. The van der Waals surface area contributed by atoms with E-state index >= 15 is 0 Å². The van der Waals surface area contributed by atoms with Gasteiger partial charge in [0.1, 0.15) is 5.84 Å². The van der Waals surface area contributed by atoms with Gasteiger partial charge in [-0.25, -0.2) is 8.42 Å². The second-order valence-corrected chi connectivity index (χ2v) is 6.98. The number of rotatable bonds is 4. The van der Waals surface area contributed by atoms with Crippen molar-refractivity contribution in [1.82, 2.24) is 4.72 Å². The quantitative estimate of drug-likeness (QED) is 0.868. The first-order chi connectivity index (χ1) is 8.94. The van der Waals surface area contributed by atoms with Crippen molar-refractivity contribution >= 4 is 27.5 Å². The molecule has 1 aliphatic rings. The van der Waals surface area contributed by atoms with Crippen molar-refractivity contribution in [2.24, 2.45) is 10.9 Å². The molecular weight excluding hydrogens is 284 g/mol. The molecule has 6 heteroatoms. The van der Waals surface area contributed by atoms with Crippen LogP contribution in [-0.4, -0.2) is 26.2 Å². The maximum Gasteiger partial charge on any atom is 0.263 e. The lowest BCUT2D eigenvalue weighted by Crippen LogP contribution is -2.25. The number of amidine groups is 1. The molecule has 0 saturated heterocycles. The lowest BCUT2D eigenvalue weighted by Gasteiger charge is -2.12. The number of aliphatic imine (C=N–C) groups is 1. The lowest BCUT2D eigenvalue weighted by atomic mass is 10.1. The van der Waals surface area contributed by atoms with Crippen LogP contribution in [-0.2, 0) is 10.0 Å². The van der Waals surface area contributed by atoms with Crippen molar-refractivity contribution in [3.8, 4) is 0 Å². The predicted molar refractivity (Wildman–Crippen MR) is 77.3 cm³/mol. The minimum Gasteiger partial charge on any atom is -0.263 e. The van der Waals surface area contributed by atoms with Crippen LogP contribution in [0.4, 0.5) is 0 Å². The Labute approximate surface area is 118 Å². The molecule has 1 aromatic rings. The smallest absolute Gasteiger partial charge is 0.263 e. The number of hydrogen-bond acceptors (Lipinski definition) is 3. The van der Waals surface area contributed by atoms with Gasteiger partial charge in [0.05, 0.1) is 10.9 Å². The summed E-state index contributed by atoms with van der Waals surface area (Å²) in [6.07, 6.45) is 0.830. The number of nitrogens with one attached hydrogen (secondary N) is 1. The molecule has 1 aromatic carbocycles. The van der Waals surface area contributed by atoms with Crippen LogP contribution < -0.4 is 4.72 Å². The van der Waals surface area contributed by atoms with Crippen LogP contribution in [0.25, 0.3) is 0 Å². The van der Waals surface area contributed by atoms with Gasteiger partial charge in [-0.15, -0.1) is 11.6 Å². The van der Waals surface area contributed by atoms with Gasteiger partial charge in [-0.05, 0) is 24.5 Å². The highest BCUT2D eigenvalue weighted by atomic mass is 35.5. The van der Waals surface area contributed by atoms with E-state index in [-0.39, 0.29) is 10.9 Å². The molecule has 1 atom stereocenters. The fourth-order valence-corrected chi connectivity index (χ4v) is 3.54. The molecule has 0 spiro atoms. The summed E-state index contributed by atoms with van der Waals surface area (Å²) >= 11 is 5.90. The van der Waals surface area contributed by atoms with Gasteiger partial charge in [-0.2, -0.15) is 0 Å². The summed E-state index contributed by atoms with van der Waals surface area (Å²) in [5.41, 5.74) is 0.626. The van der Waals surface area contributed by atoms with Gasteiger partial charge in [0.25, 0.3) is 10.0 Å². The molecular formula is C13H17ClN2O2S. The molecule has 19 heavy (non-hydrogen) atoms.